The van der Waals surface area contributed by atoms with E-state index in [1.807, 2.05) is 0 Å². The van der Waals surface area contributed by atoms with E-state index in [1.54, 1.807) is 4.90 Å². The van der Waals surface area contributed by atoms with Crippen molar-refractivity contribution in [2.45, 2.75) is 32.0 Å². The fourth-order valence-electron chi connectivity index (χ4n) is 2.41. The highest BCUT2D eigenvalue weighted by Gasteiger charge is 2.31. The van der Waals surface area contributed by atoms with E-state index in [1.165, 1.54) is 13.0 Å². The first-order chi connectivity index (χ1) is 9.75. The SMILES string of the molecule is CC(=O)N1CCC(Nc2cc(Cl)cc(C(F)(F)F)c2)CC1. The van der Waals surface area contributed by atoms with Gasteiger partial charge in [-0.2, -0.15) is 13.2 Å². The van der Waals surface area contributed by atoms with Crippen LogP contribution in [0.15, 0.2) is 18.2 Å². The van der Waals surface area contributed by atoms with Crippen molar-refractivity contribution in [2.24, 2.45) is 0 Å². The van der Waals surface area contributed by atoms with E-state index in [0.29, 0.717) is 31.6 Å². The molecule has 7 heteroatoms. The Labute approximate surface area is 126 Å². The molecule has 116 valence electrons. The molecule has 0 atom stereocenters. The summed E-state index contributed by atoms with van der Waals surface area (Å²) >= 11 is 5.75. The lowest BCUT2D eigenvalue weighted by Gasteiger charge is -2.32. The lowest BCUT2D eigenvalue weighted by atomic mass is 10.0. The van der Waals surface area contributed by atoms with Crippen LogP contribution in [0.2, 0.25) is 5.02 Å². The molecule has 1 fully saturated rings. The van der Waals surface area contributed by atoms with Crippen LogP contribution in [0, 0.1) is 0 Å². The van der Waals surface area contributed by atoms with E-state index >= 15 is 0 Å². The van der Waals surface area contributed by atoms with E-state index in [2.05, 4.69) is 5.32 Å². The number of likely N-dealkylation sites (tertiary alicyclic amines) is 1. The minimum atomic E-state index is -4.42. The largest absolute Gasteiger partial charge is 0.416 e. The molecule has 1 aliphatic heterocycles. The second-order valence-electron chi connectivity index (χ2n) is 5.15. The Bertz CT molecular complexity index is 525. The number of anilines is 1. The number of hydrogen-bond acceptors (Lipinski definition) is 2. The van der Waals surface area contributed by atoms with Gasteiger partial charge in [-0.15, -0.1) is 0 Å². The normalized spacial score (nSPS) is 16.9. The third-order valence-electron chi connectivity index (χ3n) is 3.54. The minimum Gasteiger partial charge on any atom is -0.382 e. The highest BCUT2D eigenvalue weighted by Crippen LogP contribution is 2.33. The van der Waals surface area contributed by atoms with Crippen LogP contribution in [0.5, 0.6) is 0 Å². The molecule has 21 heavy (non-hydrogen) atoms. The maximum atomic E-state index is 12.7. The van der Waals surface area contributed by atoms with Crippen LogP contribution >= 0.6 is 11.6 Å². The predicted molar refractivity (Wildman–Crippen MR) is 75.4 cm³/mol. The fourth-order valence-corrected chi connectivity index (χ4v) is 2.65. The van der Waals surface area contributed by atoms with Gasteiger partial charge in [0.15, 0.2) is 0 Å². The Kier molecular flexibility index (Phi) is 4.66. The summed E-state index contributed by atoms with van der Waals surface area (Å²) in [6.07, 6.45) is -3.01. The molecule has 0 saturated carbocycles. The number of carbonyl (C=O) groups is 1. The van der Waals surface area contributed by atoms with Crippen molar-refractivity contribution >= 4 is 23.2 Å². The Hall–Kier alpha value is -1.43. The molecule has 1 amide bonds. The molecule has 0 bridgehead atoms. The molecular weight excluding hydrogens is 305 g/mol. The standard InChI is InChI=1S/C14H16ClF3N2O/c1-9(21)20-4-2-12(3-5-20)19-13-7-10(14(16,17)18)6-11(15)8-13/h6-8,12,19H,2-5H2,1H3. The monoisotopic (exact) mass is 320 g/mol. The van der Waals surface area contributed by atoms with Gasteiger partial charge in [0.1, 0.15) is 0 Å². The number of rotatable bonds is 2. The van der Waals surface area contributed by atoms with E-state index in [4.69, 9.17) is 11.6 Å². The number of amides is 1. The summed E-state index contributed by atoms with van der Waals surface area (Å²) in [6, 6.07) is 3.49. The molecule has 1 heterocycles. The summed E-state index contributed by atoms with van der Waals surface area (Å²) in [5.41, 5.74) is -0.408. The third kappa shape index (κ3) is 4.27. The van der Waals surface area contributed by atoms with Crippen molar-refractivity contribution in [3.8, 4) is 0 Å². The van der Waals surface area contributed by atoms with Gasteiger partial charge < -0.3 is 10.2 Å². The molecule has 1 N–H and O–H groups in total. The van der Waals surface area contributed by atoms with Gasteiger partial charge in [0.05, 0.1) is 5.56 Å². The Morgan fingerprint density at radius 2 is 1.90 bits per heavy atom. The zero-order chi connectivity index (χ0) is 15.6. The fraction of sp³-hybridized carbons (Fsp3) is 0.500. The highest BCUT2D eigenvalue weighted by molar-refractivity contribution is 6.30. The Morgan fingerprint density at radius 3 is 2.43 bits per heavy atom. The van der Waals surface area contributed by atoms with Crippen molar-refractivity contribution < 1.29 is 18.0 Å². The number of nitrogens with one attached hydrogen (secondary N) is 1. The molecule has 0 unspecified atom stereocenters. The summed E-state index contributed by atoms with van der Waals surface area (Å²) in [4.78, 5) is 13.0. The van der Waals surface area contributed by atoms with E-state index < -0.39 is 11.7 Å². The second-order valence-corrected chi connectivity index (χ2v) is 5.59. The number of nitrogens with zero attached hydrogens (tertiary/aromatic N) is 1. The number of piperidine rings is 1. The number of halogens is 4. The average molecular weight is 321 g/mol. The van der Waals surface area contributed by atoms with Gasteiger partial charge >= 0.3 is 6.18 Å². The van der Waals surface area contributed by atoms with Crippen molar-refractivity contribution in [3.63, 3.8) is 0 Å². The maximum absolute atomic E-state index is 12.7. The second kappa shape index (κ2) is 6.13. The molecule has 1 aliphatic rings. The van der Waals surface area contributed by atoms with Crippen molar-refractivity contribution in [2.75, 3.05) is 18.4 Å². The molecule has 1 aromatic carbocycles. The summed E-state index contributed by atoms with van der Waals surface area (Å²) < 4.78 is 38.2. The molecule has 1 aromatic rings. The molecular formula is C14H16ClF3N2O. The van der Waals surface area contributed by atoms with Gasteiger partial charge in [0, 0.05) is 36.8 Å². The smallest absolute Gasteiger partial charge is 0.382 e. The predicted octanol–water partition coefficient (Wildman–Crippen LogP) is 3.78. The summed E-state index contributed by atoms with van der Waals surface area (Å²) in [5, 5.41) is 3.12. The molecule has 1 saturated heterocycles. The van der Waals surface area contributed by atoms with Crippen LogP contribution < -0.4 is 5.32 Å². The van der Waals surface area contributed by atoms with Gasteiger partial charge in [-0.1, -0.05) is 11.6 Å². The lowest BCUT2D eigenvalue weighted by molar-refractivity contribution is -0.137. The van der Waals surface area contributed by atoms with Crippen molar-refractivity contribution in [1.82, 2.24) is 4.90 Å². The molecule has 3 nitrogen and oxygen atoms in total. The molecule has 2 rings (SSSR count). The molecule has 0 radical (unpaired) electrons. The Balaban J connectivity index is 2.04. The summed E-state index contributed by atoms with van der Waals surface area (Å²) in [7, 11) is 0. The first-order valence-electron chi connectivity index (χ1n) is 6.65. The van der Waals surface area contributed by atoms with Gasteiger partial charge in [0.25, 0.3) is 0 Å². The quantitative estimate of drug-likeness (QED) is 0.899. The van der Waals surface area contributed by atoms with Crippen LogP contribution in [-0.4, -0.2) is 29.9 Å². The van der Waals surface area contributed by atoms with Crippen LogP contribution in [0.3, 0.4) is 0 Å². The van der Waals surface area contributed by atoms with Crippen molar-refractivity contribution in [1.29, 1.82) is 0 Å². The van der Waals surface area contributed by atoms with Crippen molar-refractivity contribution in [3.05, 3.63) is 28.8 Å². The van der Waals surface area contributed by atoms with E-state index in [-0.39, 0.29) is 17.0 Å². The first kappa shape index (κ1) is 15.9. The van der Waals surface area contributed by atoms with Crippen LogP contribution in [0.1, 0.15) is 25.3 Å². The Morgan fingerprint density at radius 1 is 1.29 bits per heavy atom. The number of carbonyl (C=O) groups excluding carboxylic acids is 1. The highest BCUT2D eigenvalue weighted by atomic mass is 35.5. The van der Waals surface area contributed by atoms with E-state index in [0.717, 1.165) is 12.1 Å². The number of hydrogen-bond donors (Lipinski definition) is 1. The minimum absolute atomic E-state index is 0.0237. The topological polar surface area (TPSA) is 32.3 Å². The van der Waals surface area contributed by atoms with Crippen LogP contribution in [0.25, 0.3) is 0 Å². The molecule has 0 aliphatic carbocycles. The third-order valence-corrected chi connectivity index (χ3v) is 3.75. The summed E-state index contributed by atoms with van der Waals surface area (Å²) in [6.45, 7) is 2.74. The first-order valence-corrected chi connectivity index (χ1v) is 7.03. The number of alkyl halides is 3. The zero-order valence-electron chi connectivity index (χ0n) is 11.5. The lowest BCUT2D eigenvalue weighted by Crippen LogP contribution is -2.41. The van der Waals surface area contributed by atoms with Gasteiger partial charge in [-0.05, 0) is 31.0 Å². The summed E-state index contributed by atoms with van der Waals surface area (Å²) in [5.74, 6) is 0.0237. The molecule has 0 spiro atoms. The zero-order valence-corrected chi connectivity index (χ0v) is 12.3. The van der Waals surface area contributed by atoms with Crippen LogP contribution in [0.4, 0.5) is 18.9 Å². The van der Waals surface area contributed by atoms with Gasteiger partial charge in [0.2, 0.25) is 5.91 Å². The van der Waals surface area contributed by atoms with Gasteiger partial charge in [-0.25, -0.2) is 0 Å². The maximum Gasteiger partial charge on any atom is 0.416 e. The number of benzene rings is 1. The average Bonchev–Trinajstić information content (AvgIpc) is 2.37. The molecule has 0 aromatic heterocycles. The van der Waals surface area contributed by atoms with Gasteiger partial charge in [-0.3, -0.25) is 4.79 Å². The van der Waals surface area contributed by atoms with E-state index in [9.17, 15) is 18.0 Å². The van der Waals surface area contributed by atoms with Crippen LogP contribution in [-0.2, 0) is 11.0 Å².